The van der Waals surface area contributed by atoms with Gasteiger partial charge >= 0.3 is 0 Å². The molecule has 0 aliphatic carbocycles. The van der Waals surface area contributed by atoms with Crippen LogP contribution in [0.4, 0.5) is 0 Å². The normalized spacial score (nSPS) is 10.4. The standard InChI is InChI=1S/C16H18N2O2S/c1-11(2)18-14(19)10-17-16(20)15-13(8-9-21-15)12-6-4-3-5-7-12/h3-9,11H,10H2,1-2H3,(H,17,20)(H,18,19). The summed E-state index contributed by atoms with van der Waals surface area (Å²) < 4.78 is 0. The van der Waals surface area contributed by atoms with Crippen LogP contribution >= 0.6 is 11.3 Å². The van der Waals surface area contributed by atoms with Gasteiger partial charge in [-0.05, 0) is 30.9 Å². The maximum atomic E-state index is 12.2. The largest absolute Gasteiger partial charge is 0.352 e. The molecule has 1 aromatic carbocycles. The maximum absolute atomic E-state index is 12.2. The van der Waals surface area contributed by atoms with Gasteiger partial charge in [-0.15, -0.1) is 11.3 Å². The van der Waals surface area contributed by atoms with E-state index in [-0.39, 0.29) is 24.4 Å². The number of carbonyl (C=O) groups excluding carboxylic acids is 2. The summed E-state index contributed by atoms with van der Waals surface area (Å²) >= 11 is 1.37. The lowest BCUT2D eigenvalue weighted by Crippen LogP contribution is -2.39. The molecule has 1 heterocycles. The summed E-state index contributed by atoms with van der Waals surface area (Å²) in [7, 11) is 0. The third-order valence-electron chi connectivity index (χ3n) is 2.82. The second-order valence-corrected chi connectivity index (χ2v) is 5.85. The molecule has 2 N–H and O–H groups in total. The number of amides is 2. The zero-order valence-electron chi connectivity index (χ0n) is 12.1. The molecule has 5 heteroatoms. The summed E-state index contributed by atoms with van der Waals surface area (Å²) in [5.74, 6) is -0.404. The van der Waals surface area contributed by atoms with Gasteiger partial charge < -0.3 is 10.6 Å². The van der Waals surface area contributed by atoms with E-state index in [1.165, 1.54) is 11.3 Å². The summed E-state index contributed by atoms with van der Waals surface area (Å²) in [6.07, 6.45) is 0. The Morgan fingerprint density at radius 2 is 1.86 bits per heavy atom. The number of hydrogen-bond donors (Lipinski definition) is 2. The van der Waals surface area contributed by atoms with Crippen molar-refractivity contribution in [3.05, 3.63) is 46.7 Å². The van der Waals surface area contributed by atoms with Crippen LogP contribution in [-0.2, 0) is 4.79 Å². The Hall–Kier alpha value is -2.14. The molecule has 4 nitrogen and oxygen atoms in total. The van der Waals surface area contributed by atoms with Crippen LogP contribution in [0, 0.1) is 0 Å². The van der Waals surface area contributed by atoms with Crippen molar-refractivity contribution in [3.8, 4) is 11.1 Å². The molecule has 2 rings (SSSR count). The zero-order valence-corrected chi connectivity index (χ0v) is 12.9. The fourth-order valence-corrected chi connectivity index (χ4v) is 2.78. The molecular formula is C16H18N2O2S. The highest BCUT2D eigenvalue weighted by atomic mass is 32.1. The van der Waals surface area contributed by atoms with Gasteiger partial charge in [-0.2, -0.15) is 0 Å². The first-order valence-corrected chi connectivity index (χ1v) is 7.66. The van der Waals surface area contributed by atoms with Gasteiger partial charge in [-0.25, -0.2) is 0 Å². The summed E-state index contributed by atoms with van der Waals surface area (Å²) in [6, 6.07) is 11.7. The van der Waals surface area contributed by atoms with Crippen LogP contribution in [0.5, 0.6) is 0 Å². The van der Waals surface area contributed by atoms with Crippen molar-refractivity contribution < 1.29 is 9.59 Å². The first-order valence-electron chi connectivity index (χ1n) is 6.78. The molecule has 2 amide bonds. The summed E-state index contributed by atoms with van der Waals surface area (Å²) in [4.78, 5) is 24.4. The summed E-state index contributed by atoms with van der Waals surface area (Å²) in [5.41, 5.74) is 1.89. The lowest BCUT2D eigenvalue weighted by atomic mass is 10.1. The van der Waals surface area contributed by atoms with Crippen LogP contribution in [0.2, 0.25) is 0 Å². The first-order chi connectivity index (χ1) is 10.1. The average Bonchev–Trinajstić information content (AvgIpc) is 2.94. The topological polar surface area (TPSA) is 58.2 Å². The number of nitrogens with one attached hydrogen (secondary N) is 2. The molecule has 0 fully saturated rings. The SMILES string of the molecule is CC(C)NC(=O)CNC(=O)c1sccc1-c1ccccc1. The molecule has 0 aliphatic heterocycles. The third-order valence-corrected chi connectivity index (χ3v) is 3.73. The molecule has 0 unspecified atom stereocenters. The summed E-state index contributed by atoms with van der Waals surface area (Å²) in [6.45, 7) is 3.75. The van der Waals surface area contributed by atoms with E-state index in [1.54, 1.807) is 0 Å². The highest BCUT2D eigenvalue weighted by Crippen LogP contribution is 2.27. The van der Waals surface area contributed by atoms with Gasteiger partial charge in [0.2, 0.25) is 5.91 Å². The minimum Gasteiger partial charge on any atom is -0.352 e. The summed E-state index contributed by atoms with van der Waals surface area (Å²) in [5, 5.41) is 7.28. The molecule has 2 aromatic rings. The van der Waals surface area contributed by atoms with Gasteiger partial charge in [0.15, 0.2) is 0 Å². The molecule has 0 atom stereocenters. The fourth-order valence-electron chi connectivity index (χ4n) is 1.94. The molecule has 21 heavy (non-hydrogen) atoms. The van der Waals surface area contributed by atoms with Gasteiger partial charge in [-0.1, -0.05) is 30.3 Å². The van der Waals surface area contributed by atoms with Crippen LogP contribution in [-0.4, -0.2) is 24.4 Å². The van der Waals surface area contributed by atoms with E-state index in [0.29, 0.717) is 4.88 Å². The van der Waals surface area contributed by atoms with Crippen molar-refractivity contribution in [2.45, 2.75) is 19.9 Å². The molecular weight excluding hydrogens is 284 g/mol. The molecule has 0 bridgehead atoms. The number of carbonyl (C=O) groups is 2. The monoisotopic (exact) mass is 302 g/mol. The number of rotatable bonds is 5. The smallest absolute Gasteiger partial charge is 0.262 e. The Morgan fingerprint density at radius 1 is 1.14 bits per heavy atom. The average molecular weight is 302 g/mol. The van der Waals surface area contributed by atoms with Crippen molar-refractivity contribution in [2.24, 2.45) is 0 Å². The van der Waals surface area contributed by atoms with E-state index >= 15 is 0 Å². The highest BCUT2D eigenvalue weighted by Gasteiger charge is 2.15. The third kappa shape index (κ3) is 4.16. The Bertz CT molecular complexity index is 620. The predicted octanol–water partition coefficient (Wildman–Crippen LogP) is 2.67. The maximum Gasteiger partial charge on any atom is 0.262 e. The van der Waals surface area contributed by atoms with E-state index in [1.807, 2.05) is 55.6 Å². The second-order valence-electron chi connectivity index (χ2n) is 4.93. The van der Waals surface area contributed by atoms with Gasteiger partial charge in [0.25, 0.3) is 5.91 Å². The zero-order chi connectivity index (χ0) is 15.2. The van der Waals surface area contributed by atoms with Gasteiger partial charge in [-0.3, -0.25) is 9.59 Å². The molecule has 110 valence electrons. The van der Waals surface area contributed by atoms with Crippen LogP contribution in [0.15, 0.2) is 41.8 Å². The number of thiophene rings is 1. The minimum absolute atomic E-state index is 0.0108. The predicted molar refractivity (Wildman–Crippen MR) is 85.4 cm³/mol. The van der Waals surface area contributed by atoms with E-state index < -0.39 is 0 Å². The fraction of sp³-hybridized carbons (Fsp3) is 0.250. The lowest BCUT2D eigenvalue weighted by molar-refractivity contribution is -0.120. The van der Waals surface area contributed by atoms with E-state index in [4.69, 9.17) is 0 Å². The van der Waals surface area contributed by atoms with Crippen molar-refractivity contribution in [1.82, 2.24) is 10.6 Å². The molecule has 0 spiro atoms. The quantitative estimate of drug-likeness (QED) is 0.892. The van der Waals surface area contributed by atoms with Crippen molar-refractivity contribution in [1.29, 1.82) is 0 Å². The Labute approximate surface area is 128 Å². The van der Waals surface area contributed by atoms with Gasteiger partial charge in [0.05, 0.1) is 11.4 Å². The minimum atomic E-state index is -0.220. The number of hydrogen-bond acceptors (Lipinski definition) is 3. The molecule has 0 saturated heterocycles. The molecule has 0 radical (unpaired) electrons. The van der Waals surface area contributed by atoms with Crippen molar-refractivity contribution in [2.75, 3.05) is 6.54 Å². The molecule has 0 aliphatic rings. The van der Waals surface area contributed by atoms with E-state index in [2.05, 4.69) is 10.6 Å². The second kappa shape index (κ2) is 7.04. The Kier molecular flexibility index (Phi) is 5.11. The van der Waals surface area contributed by atoms with Gasteiger partial charge in [0.1, 0.15) is 0 Å². The van der Waals surface area contributed by atoms with E-state index in [9.17, 15) is 9.59 Å². The van der Waals surface area contributed by atoms with Gasteiger partial charge in [0, 0.05) is 11.6 Å². The lowest BCUT2D eigenvalue weighted by Gasteiger charge is -2.09. The Morgan fingerprint density at radius 3 is 2.52 bits per heavy atom. The van der Waals surface area contributed by atoms with Crippen LogP contribution in [0.25, 0.3) is 11.1 Å². The molecule has 0 saturated carbocycles. The molecule has 1 aromatic heterocycles. The van der Waals surface area contributed by atoms with Crippen LogP contribution < -0.4 is 10.6 Å². The number of benzene rings is 1. The van der Waals surface area contributed by atoms with E-state index in [0.717, 1.165) is 11.1 Å². The highest BCUT2D eigenvalue weighted by molar-refractivity contribution is 7.12. The van der Waals surface area contributed by atoms with Crippen LogP contribution in [0.3, 0.4) is 0 Å². The van der Waals surface area contributed by atoms with Crippen molar-refractivity contribution in [3.63, 3.8) is 0 Å². The van der Waals surface area contributed by atoms with Crippen molar-refractivity contribution >= 4 is 23.2 Å². The Balaban J connectivity index is 2.04. The first kappa shape index (κ1) is 15.3. The van der Waals surface area contributed by atoms with Crippen LogP contribution in [0.1, 0.15) is 23.5 Å².